The number of nitrogens with one attached hydrogen (secondary N) is 1. The van der Waals surface area contributed by atoms with Crippen molar-refractivity contribution in [1.29, 1.82) is 0 Å². The van der Waals surface area contributed by atoms with Crippen molar-refractivity contribution >= 4 is 23.5 Å². The molecule has 1 amide bonds. The lowest BCUT2D eigenvalue weighted by atomic mass is 9.52. The van der Waals surface area contributed by atoms with Crippen molar-refractivity contribution in [1.82, 2.24) is 0 Å². The molecule has 1 saturated carbocycles. The molecule has 6 rings (SSSR count). The number of anilines is 1. The minimum atomic E-state index is -0.928. The molecule has 194 valence electrons. The van der Waals surface area contributed by atoms with Crippen molar-refractivity contribution in [2.24, 2.45) is 11.8 Å². The van der Waals surface area contributed by atoms with E-state index in [4.69, 9.17) is 4.74 Å². The molecule has 0 saturated heterocycles. The number of aryl methyl sites for hydroxylation is 1. The van der Waals surface area contributed by atoms with Gasteiger partial charge in [-0.1, -0.05) is 84.9 Å². The van der Waals surface area contributed by atoms with Gasteiger partial charge < -0.3 is 15.2 Å². The summed E-state index contributed by atoms with van der Waals surface area (Å²) in [6.45, 7) is 0. The van der Waals surface area contributed by atoms with Crippen LogP contribution in [-0.2, 0) is 20.8 Å². The van der Waals surface area contributed by atoms with Gasteiger partial charge in [-0.15, -0.1) is 0 Å². The number of hydrogen-bond acceptors (Lipinski definition) is 4. The van der Waals surface area contributed by atoms with E-state index in [1.54, 1.807) is 12.1 Å². The summed E-state index contributed by atoms with van der Waals surface area (Å²) in [7, 11) is 0. The van der Waals surface area contributed by atoms with Gasteiger partial charge in [-0.05, 0) is 52.4 Å². The van der Waals surface area contributed by atoms with E-state index in [2.05, 4.69) is 5.32 Å². The average Bonchev–Trinajstić information content (AvgIpc) is 2.93. The molecule has 2 unspecified atom stereocenters. The summed E-state index contributed by atoms with van der Waals surface area (Å²) in [5, 5.41) is 13.1. The van der Waals surface area contributed by atoms with E-state index in [0.717, 1.165) is 33.5 Å². The fraction of sp³-hybridized carbons (Fsp3) is 0.182. The van der Waals surface area contributed by atoms with E-state index in [1.807, 2.05) is 91.0 Å². The Morgan fingerprint density at radius 3 is 2.00 bits per heavy atom. The second-order valence-electron chi connectivity index (χ2n) is 10.1. The maximum Gasteiger partial charge on any atom is 0.315 e. The molecule has 0 radical (unpaired) electrons. The van der Waals surface area contributed by atoms with E-state index >= 15 is 0 Å². The van der Waals surface area contributed by atoms with Crippen LogP contribution in [0.25, 0.3) is 11.1 Å². The maximum atomic E-state index is 13.7. The highest BCUT2D eigenvalue weighted by atomic mass is 16.5. The van der Waals surface area contributed by atoms with Crippen molar-refractivity contribution in [2.45, 2.75) is 24.7 Å². The van der Waals surface area contributed by atoms with E-state index in [1.165, 1.54) is 0 Å². The van der Waals surface area contributed by atoms with E-state index < -0.39 is 35.6 Å². The first-order valence-corrected chi connectivity index (χ1v) is 13.1. The standard InChI is InChI=1S/C33H27NO5/c35-27-17-16-20-14-15-24(19-26(20)34-27)23-12-7-13-25(18-23)39-33(38)31-28(21-8-3-1-4-9-21)30(32(36)37)29(31)22-10-5-2-6-11-22/h1-15,18-19,28-31H,16-17H2,(H,34,35)(H,36,37)/t28?,29?,30-,31+. The lowest BCUT2D eigenvalue weighted by molar-refractivity contribution is -0.158. The highest BCUT2D eigenvalue weighted by Crippen LogP contribution is 2.58. The number of carboxylic acids is 1. The van der Waals surface area contributed by atoms with Gasteiger partial charge in [-0.25, -0.2) is 0 Å². The Morgan fingerprint density at radius 1 is 0.718 bits per heavy atom. The number of esters is 1. The SMILES string of the molecule is O=C1CCc2ccc(-c3cccc(OC(=O)[C@H]4C(c5ccccc5)[C@@H](C(=O)O)C4c4ccccc4)c3)cc2N1. The number of carbonyl (C=O) groups excluding carboxylic acids is 2. The van der Waals surface area contributed by atoms with Crippen LogP contribution in [0.3, 0.4) is 0 Å². The summed E-state index contributed by atoms with van der Waals surface area (Å²) in [5.74, 6) is -3.40. The van der Waals surface area contributed by atoms with Gasteiger partial charge in [0, 0.05) is 23.9 Å². The summed E-state index contributed by atoms with van der Waals surface area (Å²) in [5.41, 5.74) is 5.26. The number of rotatable bonds is 6. The third-order valence-electron chi connectivity index (χ3n) is 7.87. The number of fused-ring (bicyclic) bond motifs is 1. The number of carboxylic acid groups (broad SMARTS) is 1. The zero-order chi connectivity index (χ0) is 26.9. The molecule has 39 heavy (non-hydrogen) atoms. The minimum absolute atomic E-state index is 0.00318. The number of benzene rings is 4. The molecular formula is C33H27NO5. The molecule has 6 heteroatoms. The molecule has 1 aliphatic carbocycles. The van der Waals surface area contributed by atoms with Crippen LogP contribution in [0.5, 0.6) is 5.75 Å². The summed E-state index contributed by atoms with van der Waals surface area (Å²) >= 11 is 0. The summed E-state index contributed by atoms with van der Waals surface area (Å²) < 4.78 is 5.94. The molecule has 2 aliphatic rings. The molecule has 1 fully saturated rings. The van der Waals surface area contributed by atoms with Crippen molar-refractivity contribution in [3.63, 3.8) is 0 Å². The predicted molar refractivity (Wildman–Crippen MR) is 147 cm³/mol. The van der Waals surface area contributed by atoms with Crippen molar-refractivity contribution in [3.05, 3.63) is 120 Å². The summed E-state index contributed by atoms with van der Waals surface area (Å²) in [6, 6.07) is 31.9. The first-order chi connectivity index (χ1) is 19.0. The van der Waals surface area contributed by atoms with E-state index in [9.17, 15) is 19.5 Å². The largest absolute Gasteiger partial charge is 0.481 e. The van der Waals surface area contributed by atoms with Crippen LogP contribution in [0.4, 0.5) is 5.69 Å². The van der Waals surface area contributed by atoms with Gasteiger partial charge in [-0.3, -0.25) is 14.4 Å². The predicted octanol–water partition coefficient (Wildman–Crippen LogP) is 6.04. The summed E-state index contributed by atoms with van der Waals surface area (Å²) in [6.07, 6.45) is 1.19. The number of carbonyl (C=O) groups is 3. The molecule has 4 aromatic carbocycles. The molecular weight excluding hydrogens is 490 g/mol. The normalized spacial score (nSPS) is 21.7. The quantitative estimate of drug-likeness (QED) is 0.240. The van der Waals surface area contributed by atoms with Gasteiger partial charge in [-0.2, -0.15) is 0 Å². The molecule has 2 atom stereocenters. The van der Waals surface area contributed by atoms with Crippen molar-refractivity contribution < 1.29 is 24.2 Å². The average molecular weight is 518 g/mol. The first kappa shape index (κ1) is 24.6. The van der Waals surface area contributed by atoms with E-state index in [0.29, 0.717) is 18.6 Å². The lowest BCUT2D eigenvalue weighted by Gasteiger charge is -2.48. The van der Waals surface area contributed by atoms with Crippen LogP contribution in [0.2, 0.25) is 0 Å². The monoisotopic (exact) mass is 517 g/mol. The molecule has 2 N–H and O–H groups in total. The Hall–Kier alpha value is -4.71. The van der Waals surface area contributed by atoms with Gasteiger partial charge in [0.25, 0.3) is 0 Å². The van der Waals surface area contributed by atoms with Gasteiger partial charge >= 0.3 is 11.9 Å². The zero-order valence-corrected chi connectivity index (χ0v) is 21.1. The Labute approximate surface area is 226 Å². The molecule has 0 bridgehead atoms. The smallest absolute Gasteiger partial charge is 0.315 e. The van der Waals surface area contributed by atoms with Gasteiger partial charge in [0.05, 0.1) is 11.8 Å². The van der Waals surface area contributed by atoms with Crippen LogP contribution < -0.4 is 10.1 Å². The van der Waals surface area contributed by atoms with Crippen molar-refractivity contribution in [3.8, 4) is 16.9 Å². The van der Waals surface area contributed by atoms with E-state index in [-0.39, 0.29) is 5.91 Å². The van der Waals surface area contributed by atoms with Crippen LogP contribution in [0, 0.1) is 11.8 Å². The van der Waals surface area contributed by atoms with Crippen LogP contribution >= 0.6 is 0 Å². The van der Waals surface area contributed by atoms with Crippen LogP contribution in [0.1, 0.15) is 34.9 Å². The summed E-state index contributed by atoms with van der Waals surface area (Å²) in [4.78, 5) is 38.0. The van der Waals surface area contributed by atoms with Crippen LogP contribution in [-0.4, -0.2) is 23.0 Å². The molecule has 4 aromatic rings. The Kier molecular flexibility index (Phi) is 6.45. The number of ether oxygens (including phenoxy) is 1. The van der Waals surface area contributed by atoms with Gasteiger partial charge in [0.2, 0.25) is 5.91 Å². The highest BCUT2D eigenvalue weighted by molar-refractivity contribution is 5.95. The topological polar surface area (TPSA) is 92.7 Å². The lowest BCUT2D eigenvalue weighted by Crippen LogP contribution is -2.52. The minimum Gasteiger partial charge on any atom is -0.481 e. The Balaban J connectivity index is 1.31. The van der Waals surface area contributed by atoms with Crippen molar-refractivity contribution in [2.75, 3.05) is 5.32 Å². The fourth-order valence-electron chi connectivity index (χ4n) is 6.00. The Morgan fingerprint density at radius 2 is 1.36 bits per heavy atom. The Bertz CT molecular complexity index is 1500. The second-order valence-corrected chi connectivity index (χ2v) is 10.1. The highest BCUT2D eigenvalue weighted by Gasteiger charge is 2.59. The molecule has 1 aliphatic heterocycles. The van der Waals surface area contributed by atoms with Crippen LogP contribution in [0.15, 0.2) is 103 Å². The zero-order valence-electron chi connectivity index (χ0n) is 21.1. The molecule has 6 nitrogen and oxygen atoms in total. The number of aliphatic carboxylic acids is 1. The number of amides is 1. The molecule has 1 heterocycles. The number of hydrogen-bond donors (Lipinski definition) is 2. The molecule has 0 spiro atoms. The van der Waals surface area contributed by atoms with Gasteiger partial charge in [0.1, 0.15) is 5.75 Å². The third kappa shape index (κ3) is 4.70. The molecule has 0 aromatic heterocycles. The van der Waals surface area contributed by atoms with Gasteiger partial charge in [0.15, 0.2) is 0 Å². The third-order valence-corrected chi connectivity index (χ3v) is 7.87. The fourth-order valence-corrected chi connectivity index (χ4v) is 6.00. The maximum absolute atomic E-state index is 13.7. The second kappa shape index (κ2) is 10.2. The first-order valence-electron chi connectivity index (χ1n) is 13.1.